The van der Waals surface area contributed by atoms with Crippen molar-refractivity contribution in [2.24, 2.45) is 7.05 Å². The third-order valence-corrected chi connectivity index (χ3v) is 2.74. The van der Waals surface area contributed by atoms with E-state index in [1.807, 2.05) is 6.92 Å². The smallest absolute Gasteiger partial charge is 0.316 e. The van der Waals surface area contributed by atoms with E-state index in [0.29, 0.717) is 5.16 Å². The third kappa shape index (κ3) is 3.52. The summed E-state index contributed by atoms with van der Waals surface area (Å²) < 4.78 is 1.46. The van der Waals surface area contributed by atoms with Gasteiger partial charge in [-0.3, -0.25) is 19.4 Å². The van der Waals surface area contributed by atoms with Crippen LogP contribution in [-0.4, -0.2) is 33.6 Å². The Morgan fingerprint density at radius 1 is 1.53 bits per heavy atom. The summed E-state index contributed by atoms with van der Waals surface area (Å²) in [5.74, 6) is 0.806. The predicted octanol–water partition coefficient (Wildman–Crippen LogP) is -0.830. The van der Waals surface area contributed by atoms with Crippen molar-refractivity contribution in [3.05, 3.63) is 20.7 Å². The van der Waals surface area contributed by atoms with Crippen molar-refractivity contribution in [1.82, 2.24) is 20.1 Å². The molecule has 0 bridgehead atoms. The van der Waals surface area contributed by atoms with E-state index in [9.17, 15) is 9.59 Å². The quantitative estimate of drug-likeness (QED) is 0.392. The van der Waals surface area contributed by atoms with Crippen LogP contribution in [0.15, 0.2) is 14.7 Å². The average Bonchev–Trinajstić information content (AvgIpc) is 2.20. The molecule has 0 unspecified atom stereocenters. The molecule has 0 aromatic carbocycles. The zero-order chi connectivity index (χ0) is 11.3. The lowest BCUT2D eigenvalue weighted by molar-refractivity contribution is 0.596. The lowest BCUT2D eigenvalue weighted by atomic mass is 10.7. The number of hydrogen-bond acceptors (Lipinski definition) is 5. The molecule has 0 aliphatic carbocycles. The van der Waals surface area contributed by atoms with Gasteiger partial charge in [-0.05, 0) is 6.54 Å². The first-order valence-corrected chi connectivity index (χ1v) is 5.64. The van der Waals surface area contributed by atoms with E-state index in [0.717, 1.165) is 18.8 Å². The summed E-state index contributed by atoms with van der Waals surface area (Å²) >= 11 is 1.43. The third-order valence-electron chi connectivity index (χ3n) is 1.71. The van der Waals surface area contributed by atoms with Crippen molar-refractivity contribution >= 4 is 11.8 Å². The molecule has 0 aliphatic rings. The Hall–Kier alpha value is -1.08. The van der Waals surface area contributed by atoms with Gasteiger partial charge in [0, 0.05) is 19.3 Å². The molecule has 7 heteroatoms. The van der Waals surface area contributed by atoms with E-state index in [2.05, 4.69) is 15.4 Å². The second-order valence-corrected chi connectivity index (χ2v) is 3.96. The van der Waals surface area contributed by atoms with Crippen LogP contribution in [0, 0.1) is 0 Å². The minimum atomic E-state index is -0.737. The molecule has 1 aromatic heterocycles. The molecule has 0 fully saturated rings. The largest absolute Gasteiger partial charge is 0.339 e. The Labute approximate surface area is 91.1 Å². The van der Waals surface area contributed by atoms with Crippen LogP contribution in [0.1, 0.15) is 6.92 Å². The van der Waals surface area contributed by atoms with Crippen molar-refractivity contribution in [2.45, 2.75) is 12.1 Å². The first kappa shape index (κ1) is 12.0. The molecular weight excluding hydrogens is 216 g/mol. The van der Waals surface area contributed by atoms with Crippen LogP contribution in [-0.2, 0) is 7.05 Å². The van der Waals surface area contributed by atoms with Gasteiger partial charge >= 0.3 is 11.1 Å². The standard InChI is InChI=1S/C8H14N4O2S/c1-3-9-4-5-15-8-10-6(13)7(14)11-12(8)2/h9H,3-5H2,1-2H3,(H,11,14). The van der Waals surface area contributed by atoms with E-state index in [1.54, 1.807) is 7.05 Å². The Bertz CT molecular complexity index is 425. The lowest BCUT2D eigenvalue weighted by Crippen LogP contribution is -2.34. The fourth-order valence-corrected chi connectivity index (χ4v) is 1.80. The average molecular weight is 230 g/mol. The number of rotatable bonds is 5. The number of nitrogens with one attached hydrogen (secondary N) is 2. The summed E-state index contributed by atoms with van der Waals surface area (Å²) in [5, 5.41) is 6.07. The van der Waals surface area contributed by atoms with Crippen LogP contribution in [0.3, 0.4) is 0 Å². The maximum atomic E-state index is 11.0. The molecule has 15 heavy (non-hydrogen) atoms. The van der Waals surface area contributed by atoms with Gasteiger partial charge in [-0.1, -0.05) is 18.7 Å². The van der Waals surface area contributed by atoms with Gasteiger partial charge in [-0.15, -0.1) is 0 Å². The van der Waals surface area contributed by atoms with E-state index in [1.165, 1.54) is 16.4 Å². The molecule has 2 N–H and O–H groups in total. The predicted molar refractivity (Wildman–Crippen MR) is 59.4 cm³/mol. The number of aryl methyl sites for hydroxylation is 1. The lowest BCUT2D eigenvalue weighted by Gasteiger charge is -2.05. The fourth-order valence-electron chi connectivity index (χ4n) is 0.981. The molecule has 0 saturated carbocycles. The van der Waals surface area contributed by atoms with E-state index in [-0.39, 0.29) is 0 Å². The van der Waals surface area contributed by atoms with Crippen LogP contribution in [0.5, 0.6) is 0 Å². The van der Waals surface area contributed by atoms with E-state index in [4.69, 9.17) is 0 Å². The number of thioether (sulfide) groups is 1. The molecule has 84 valence electrons. The zero-order valence-electron chi connectivity index (χ0n) is 8.74. The molecule has 1 rings (SSSR count). The minimum absolute atomic E-state index is 0.525. The number of nitrogens with zero attached hydrogens (tertiary/aromatic N) is 2. The second-order valence-electron chi connectivity index (χ2n) is 2.90. The molecule has 0 saturated heterocycles. The molecule has 1 aromatic rings. The highest BCUT2D eigenvalue weighted by Crippen LogP contribution is 2.09. The van der Waals surface area contributed by atoms with Crippen molar-refractivity contribution in [2.75, 3.05) is 18.8 Å². The molecule has 0 radical (unpaired) electrons. The monoisotopic (exact) mass is 230 g/mol. The van der Waals surface area contributed by atoms with Gasteiger partial charge in [0.1, 0.15) is 0 Å². The number of aromatic amines is 1. The van der Waals surface area contributed by atoms with Crippen LogP contribution in [0.4, 0.5) is 0 Å². The summed E-state index contributed by atoms with van der Waals surface area (Å²) in [6.07, 6.45) is 0. The Morgan fingerprint density at radius 3 is 2.93 bits per heavy atom. The first-order chi connectivity index (χ1) is 7.15. The minimum Gasteiger partial charge on any atom is -0.316 e. The topological polar surface area (TPSA) is 79.8 Å². The maximum Gasteiger partial charge on any atom is 0.339 e. The first-order valence-electron chi connectivity index (χ1n) is 4.66. The highest BCUT2D eigenvalue weighted by atomic mass is 32.2. The molecule has 1 heterocycles. The molecule has 6 nitrogen and oxygen atoms in total. The molecule has 0 amide bonds. The van der Waals surface area contributed by atoms with Crippen LogP contribution < -0.4 is 16.4 Å². The Kier molecular flexibility index (Phi) is 4.57. The molecule has 0 spiro atoms. The van der Waals surface area contributed by atoms with Crippen LogP contribution in [0.2, 0.25) is 0 Å². The SMILES string of the molecule is CCNCCSc1nc(=O)c(=O)[nH]n1C. The van der Waals surface area contributed by atoms with Gasteiger partial charge in [0.05, 0.1) is 0 Å². The van der Waals surface area contributed by atoms with E-state index < -0.39 is 11.1 Å². The summed E-state index contributed by atoms with van der Waals surface area (Å²) in [6.45, 7) is 3.79. The highest BCUT2D eigenvalue weighted by Gasteiger charge is 2.03. The van der Waals surface area contributed by atoms with Gasteiger partial charge in [0.2, 0.25) is 0 Å². The van der Waals surface area contributed by atoms with Gasteiger partial charge < -0.3 is 5.32 Å². The van der Waals surface area contributed by atoms with Gasteiger partial charge in [-0.25, -0.2) is 0 Å². The summed E-state index contributed by atoms with van der Waals surface area (Å²) in [7, 11) is 1.66. The Balaban J connectivity index is 2.65. The van der Waals surface area contributed by atoms with Crippen molar-refractivity contribution in [3.63, 3.8) is 0 Å². The van der Waals surface area contributed by atoms with Crippen LogP contribution in [0.25, 0.3) is 0 Å². The van der Waals surface area contributed by atoms with Crippen molar-refractivity contribution in [1.29, 1.82) is 0 Å². The highest BCUT2D eigenvalue weighted by molar-refractivity contribution is 7.99. The van der Waals surface area contributed by atoms with Crippen LogP contribution >= 0.6 is 11.8 Å². The normalized spacial score (nSPS) is 10.5. The number of aromatic nitrogens is 3. The van der Waals surface area contributed by atoms with E-state index >= 15 is 0 Å². The summed E-state index contributed by atoms with van der Waals surface area (Å²) in [5.41, 5.74) is -1.42. The maximum absolute atomic E-state index is 11.0. The second kappa shape index (κ2) is 5.72. The zero-order valence-corrected chi connectivity index (χ0v) is 9.56. The van der Waals surface area contributed by atoms with Gasteiger partial charge in [0.15, 0.2) is 5.16 Å². The van der Waals surface area contributed by atoms with Gasteiger partial charge in [0.25, 0.3) is 0 Å². The molecule has 0 atom stereocenters. The molecular formula is C8H14N4O2S. The number of H-pyrrole nitrogens is 1. The summed E-state index contributed by atoms with van der Waals surface area (Å²) in [6, 6.07) is 0. The fraction of sp³-hybridized carbons (Fsp3) is 0.625. The Morgan fingerprint density at radius 2 is 2.27 bits per heavy atom. The van der Waals surface area contributed by atoms with Gasteiger partial charge in [-0.2, -0.15) is 4.98 Å². The summed E-state index contributed by atoms with van der Waals surface area (Å²) in [4.78, 5) is 25.5. The van der Waals surface area contributed by atoms with Crippen molar-refractivity contribution in [3.8, 4) is 0 Å². The number of hydrogen-bond donors (Lipinski definition) is 2. The molecule has 0 aliphatic heterocycles. The van der Waals surface area contributed by atoms with Crippen molar-refractivity contribution < 1.29 is 0 Å².